The molecule has 0 radical (unpaired) electrons. The molecule has 0 unspecified atom stereocenters. The molecule has 1 N–H and O–H groups in total. The van der Waals surface area contributed by atoms with E-state index < -0.39 is 0 Å². The Bertz CT molecular complexity index is 974. The minimum absolute atomic E-state index is 0.280. The molecule has 0 spiro atoms. The summed E-state index contributed by atoms with van der Waals surface area (Å²) in [7, 11) is 4.66. The minimum Gasteiger partial charge on any atom is -0.495 e. The van der Waals surface area contributed by atoms with Crippen LogP contribution in [0.25, 0.3) is 10.6 Å². The molecule has 0 saturated heterocycles. The van der Waals surface area contributed by atoms with Crippen molar-refractivity contribution in [2.24, 2.45) is 0 Å². The summed E-state index contributed by atoms with van der Waals surface area (Å²) in [5.41, 5.74) is 1.51. The first-order valence-electron chi connectivity index (χ1n) is 7.89. The third-order valence-corrected chi connectivity index (χ3v) is 4.89. The highest BCUT2D eigenvalue weighted by Gasteiger charge is 2.18. The summed E-state index contributed by atoms with van der Waals surface area (Å²) in [5, 5.41) is 5.59. The highest BCUT2D eigenvalue weighted by Crippen LogP contribution is 2.39. The van der Waals surface area contributed by atoms with Crippen molar-refractivity contribution in [2.45, 2.75) is 0 Å². The number of hydrogen-bond acceptors (Lipinski definition) is 6. The second kappa shape index (κ2) is 8.28. The molecule has 0 aliphatic carbocycles. The number of ether oxygens (including phenoxy) is 3. The van der Waals surface area contributed by atoms with E-state index in [0.717, 1.165) is 5.56 Å². The van der Waals surface area contributed by atoms with Crippen molar-refractivity contribution in [3.63, 3.8) is 0 Å². The number of anilines is 1. The third-order valence-electron chi connectivity index (χ3n) is 3.78. The second-order valence-electron chi connectivity index (χ2n) is 5.38. The van der Waals surface area contributed by atoms with E-state index in [1.165, 1.54) is 18.4 Å². The molecule has 27 heavy (non-hydrogen) atoms. The molecule has 0 fully saturated rings. The maximum atomic E-state index is 12.6. The quantitative estimate of drug-likeness (QED) is 0.642. The van der Waals surface area contributed by atoms with Crippen LogP contribution in [-0.4, -0.2) is 32.2 Å². The molecule has 0 bridgehead atoms. The molecule has 3 rings (SSSR count). The lowest BCUT2D eigenvalue weighted by atomic mass is 10.2. The predicted molar refractivity (Wildman–Crippen MR) is 107 cm³/mol. The van der Waals surface area contributed by atoms with E-state index in [1.807, 2.05) is 12.1 Å². The van der Waals surface area contributed by atoms with Gasteiger partial charge in [-0.25, -0.2) is 4.98 Å². The van der Waals surface area contributed by atoms with Gasteiger partial charge in [0.25, 0.3) is 5.91 Å². The molecule has 6 nitrogen and oxygen atoms in total. The number of hydrogen-bond donors (Lipinski definition) is 1. The Morgan fingerprint density at radius 3 is 2.56 bits per heavy atom. The smallest absolute Gasteiger partial charge is 0.275 e. The lowest BCUT2D eigenvalue weighted by Gasteiger charge is -2.10. The molecule has 2 aromatic carbocycles. The number of nitrogens with one attached hydrogen (secondary N) is 1. The molecule has 0 aliphatic heterocycles. The van der Waals surface area contributed by atoms with Gasteiger partial charge in [0.2, 0.25) is 0 Å². The van der Waals surface area contributed by atoms with Crippen LogP contribution in [0.2, 0.25) is 5.02 Å². The number of para-hydroxylation sites is 1. The number of aromatic nitrogens is 1. The first-order chi connectivity index (χ1) is 13.1. The van der Waals surface area contributed by atoms with Gasteiger partial charge in [0, 0.05) is 10.4 Å². The summed E-state index contributed by atoms with van der Waals surface area (Å²) < 4.78 is 16.0. The Morgan fingerprint density at radius 2 is 1.85 bits per heavy atom. The second-order valence-corrected chi connectivity index (χ2v) is 6.67. The number of carbonyl (C=O) groups is 1. The number of methoxy groups -OCH3 is 3. The van der Waals surface area contributed by atoms with Gasteiger partial charge in [0.1, 0.15) is 16.5 Å². The fraction of sp³-hybridized carbons (Fsp3) is 0.158. The topological polar surface area (TPSA) is 69.7 Å². The van der Waals surface area contributed by atoms with Crippen LogP contribution < -0.4 is 19.5 Å². The van der Waals surface area contributed by atoms with Crippen molar-refractivity contribution in [2.75, 3.05) is 26.6 Å². The largest absolute Gasteiger partial charge is 0.495 e. The molecule has 1 amide bonds. The summed E-state index contributed by atoms with van der Waals surface area (Å²) in [6.45, 7) is 0. The van der Waals surface area contributed by atoms with E-state index in [-0.39, 0.29) is 11.6 Å². The van der Waals surface area contributed by atoms with E-state index >= 15 is 0 Å². The van der Waals surface area contributed by atoms with Crippen LogP contribution in [0.1, 0.15) is 10.5 Å². The molecule has 0 saturated carbocycles. The monoisotopic (exact) mass is 404 g/mol. The van der Waals surface area contributed by atoms with Gasteiger partial charge in [0.05, 0.1) is 32.6 Å². The Balaban J connectivity index is 1.89. The molecule has 0 atom stereocenters. The van der Waals surface area contributed by atoms with Crippen LogP contribution >= 0.6 is 22.9 Å². The maximum absolute atomic E-state index is 12.6. The average Bonchev–Trinajstić information content (AvgIpc) is 3.17. The number of nitrogens with zero attached hydrogens (tertiary/aromatic N) is 1. The van der Waals surface area contributed by atoms with Crippen molar-refractivity contribution in [1.29, 1.82) is 0 Å². The first kappa shape index (κ1) is 19.0. The number of thiazole rings is 1. The zero-order valence-corrected chi connectivity index (χ0v) is 16.5. The maximum Gasteiger partial charge on any atom is 0.275 e. The zero-order chi connectivity index (χ0) is 19.4. The Labute approximate surface area is 165 Å². The molecule has 1 heterocycles. The molecular formula is C19H17ClN2O4S. The Hall–Kier alpha value is -2.77. The summed E-state index contributed by atoms with van der Waals surface area (Å²) in [6.07, 6.45) is 0. The van der Waals surface area contributed by atoms with E-state index in [1.54, 1.807) is 43.9 Å². The van der Waals surface area contributed by atoms with Crippen LogP contribution in [-0.2, 0) is 0 Å². The van der Waals surface area contributed by atoms with Crippen molar-refractivity contribution in [3.05, 3.63) is 52.5 Å². The fourth-order valence-electron chi connectivity index (χ4n) is 2.52. The molecule has 140 valence electrons. The fourth-order valence-corrected chi connectivity index (χ4v) is 3.52. The average molecular weight is 405 g/mol. The van der Waals surface area contributed by atoms with Crippen molar-refractivity contribution >= 4 is 34.5 Å². The lowest BCUT2D eigenvalue weighted by molar-refractivity contribution is 0.102. The number of carbonyl (C=O) groups excluding carboxylic acids is 1. The number of halogens is 1. The van der Waals surface area contributed by atoms with Gasteiger partial charge in [0.15, 0.2) is 11.5 Å². The van der Waals surface area contributed by atoms with Crippen LogP contribution in [0.5, 0.6) is 17.2 Å². The zero-order valence-electron chi connectivity index (χ0n) is 14.9. The van der Waals surface area contributed by atoms with Gasteiger partial charge in [-0.2, -0.15) is 0 Å². The van der Waals surface area contributed by atoms with Crippen molar-refractivity contribution in [3.8, 4) is 27.8 Å². The van der Waals surface area contributed by atoms with Gasteiger partial charge in [-0.3, -0.25) is 4.79 Å². The van der Waals surface area contributed by atoms with Crippen molar-refractivity contribution < 1.29 is 19.0 Å². The van der Waals surface area contributed by atoms with Crippen LogP contribution in [0.4, 0.5) is 5.69 Å². The van der Waals surface area contributed by atoms with Gasteiger partial charge >= 0.3 is 0 Å². The third kappa shape index (κ3) is 3.99. The summed E-state index contributed by atoms with van der Waals surface area (Å²) in [4.78, 5) is 17.0. The van der Waals surface area contributed by atoms with Gasteiger partial charge in [-0.05, 0) is 30.3 Å². The molecule has 1 aromatic heterocycles. The Kier molecular flexibility index (Phi) is 5.83. The Morgan fingerprint density at radius 1 is 1.07 bits per heavy atom. The van der Waals surface area contributed by atoms with Crippen LogP contribution in [0, 0.1) is 0 Å². The van der Waals surface area contributed by atoms with E-state index in [9.17, 15) is 4.79 Å². The molecule has 0 aliphatic rings. The minimum atomic E-state index is -0.361. The van der Waals surface area contributed by atoms with Crippen molar-refractivity contribution in [1.82, 2.24) is 4.98 Å². The molecular weight excluding hydrogens is 388 g/mol. The number of rotatable bonds is 6. The summed E-state index contributed by atoms with van der Waals surface area (Å²) in [6, 6.07) is 10.5. The number of amides is 1. The van der Waals surface area contributed by atoms with E-state index in [0.29, 0.717) is 33.0 Å². The van der Waals surface area contributed by atoms with Crippen LogP contribution in [0.15, 0.2) is 41.8 Å². The predicted octanol–water partition coefficient (Wildman–Crippen LogP) is 4.74. The lowest BCUT2D eigenvalue weighted by Crippen LogP contribution is -2.13. The van der Waals surface area contributed by atoms with E-state index in [2.05, 4.69) is 10.3 Å². The normalized spacial score (nSPS) is 10.4. The van der Waals surface area contributed by atoms with Gasteiger partial charge < -0.3 is 19.5 Å². The molecule has 3 aromatic rings. The summed E-state index contributed by atoms with van der Waals surface area (Å²) in [5.74, 6) is 1.32. The standard InChI is InChI=1S/C19H17ClN2O4S/c1-24-15-8-7-11(20)9-13(15)21-18(23)14-10-27-19(22-14)12-5-4-6-16(25-2)17(12)26-3/h4-10H,1-3H3,(H,21,23). The van der Waals surface area contributed by atoms with Crippen LogP contribution in [0.3, 0.4) is 0 Å². The number of benzene rings is 2. The highest BCUT2D eigenvalue weighted by molar-refractivity contribution is 7.13. The first-order valence-corrected chi connectivity index (χ1v) is 9.15. The summed E-state index contributed by atoms with van der Waals surface area (Å²) >= 11 is 7.34. The van der Waals surface area contributed by atoms with Gasteiger partial charge in [-0.15, -0.1) is 11.3 Å². The molecule has 8 heteroatoms. The highest BCUT2D eigenvalue weighted by atomic mass is 35.5. The van der Waals surface area contributed by atoms with Gasteiger partial charge in [-0.1, -0.05) is 17.7 Å². The SMILES string of the molecule is COc1ccc(Cl)cc1NC(=O)c1csc(-c2cccc(OC)c2OC)n1. The van der Waals surface area contributed by atoms with E-state index in [4.69, 9.17) is 25.8 Å².